The summed E-state index contributed by atoms with van der Waals surface area (Å²) in [4.78, 5) is 15.3. The molecule has 0 unspecified atom stereocenters. The molecule has 1 amide bonds. The predicted octanol–water partition coefficient (Wildman–Crippen LogP) is 3.98. The van der Waals surface area contributed by atoms with E-state index in [1.54, 1.807) is 0 Å². The van der Waals surface area contributed by atoms with Crippen LogP contribution in [0.1, 0.15) is 74.1 Å². The summed E-state index contributed by atoms with van der Waals surface area (Å²) in [5, 5.41) is 12.2. The molecule has 2 aromatic rings. The summed E-state index contributed by atoms with van der Waals surface area (Å²) in [6.07, 6.45) is 5.14. The van der Waals surface area contributed by atoms with E-state index in [0.29, 0.717) is 17.0 Å². The minimum absolute atomic E-state index is 0. The number of carbonyl (C=O) groups is 1. The number of hydrogen-bond donors (Lipinski definition) is 1. The minimum atomic E-state index is 0. The molecule has 2 aliphatic heterocycles. The number of benzene rings is 1. The molecule has 1 aromatic heterocycles. The highest BCUT2D eigenvalue weighted by Crippen LogP contribution is 2.37. The van der Waals surface area contributed by atoms with Crippen LogP contribution in [0, 0.1) is 5.41 Å². The van der Waals surface area contributed by atoms with Gasteiger partial charge in [0.05, 0.1) is 11.4 Å². The Morgan fingerprint density at radius 3 is 2.63 bits per heavy atom. The monoisotopic (exact) mass is 431 g/mol. The van der Waals surface area contributed by atoms with Crippen molar-refractivity contribution in [2.24, 2.45) is 5.41 Å². The van der Waals surface area contributed by atoms with Gasteiger partial charge in [-0.1, -0.05) is 44.5 Å². The number of hydrogen-bond acceptors (Lipinski definition) is 4. The topological polar surface area (TPSA) is 63.1 Å². The maximum Gasteiger partial charge on any atom is 0.276 e. The van der Waals surface area contributed by atoms with Crippen molar-refractivity contribution >= 4 is 18.3 Å². The van der Waals surface area contributed by atoms with Gasteiger partial charge in [-0.25, -0.2) is 4.68 Å². The fourth-order valence-corrected chi connectivity index (χ4v) is 4.71. The highest BCUT2D eigenvalue weighted by molar-refractivity contribution is 5.93. The van der Waals surface area contributed by atoms with Crippen LogP contribution in [0.15, 0.2) is 24.3 Å². The molecule has 164 valence electrons. The number of nitrogens with one attached hydrogen (secondary N) is 1. The second kappa shape index (κ2) is 9.48. The largest absolute Gasteiger partial charge is 0.337 e. The molecule has 0 bridgehead atoms. The summed E-state index contributed by atoms with van der Waals surface area (Å²) in [6, 6.07) is 8.40. The van der Waals surface area contributed by atoms with E-state index in [0.717, 1.165) is 63.2 Å². The molecule has 0 atom stereocenters. The molecule has 2 fully saturated rings. The van der Waals surface area contributed by atoms with E-state index in [1.807, 2.05) is 15.6 Å². The number of halogens is 1. The van der Waals surface area contributed by atoms with Crippen LogP contribution in [0.3, 0.4) is 0 Å². The zero-order valence-electron chi connectivity index (χ0n) is 18.4. The highest BCUT2D eigenvalue weighted by Gasteiger charge is 2.39. The Morgan fingerprint density at radius 2 is 2.00 bits per heavy atom. The van der Waals surface area contributed by atoms with E-state index in [9.17, 15) is 4.79 Å². The van der Waals surface area contributed by atoms with Gasteiger partial charge in [0.15, 0.2) is 5.69 Å². The smallest absolute Gasteiger partial charge is 0.276 e. The Labute approximate surface area is 185 Å². The molecule has 2 aliphatic rings. The Kier molecular flexibility index (Phi) is 7.19. The molecule has 3 heterocycles. The van der Waals surface area contributed by atoms with Gasteiger partial charge >= 0.3 is 0 Å². The first-order chi connectivity index (χ1) is 14.0. The van der Waals surface area contributed by atoms with E-state index in [2.05, 4.69) is 54.6 Å². The van der Waals surface area contributed by atoms with Crippen molar-refractivity contribution < 1.29 is 4.79 Å². The zero-order chi connectivity index (χ0) is 20.4. The highest BCUT2D eigenvalue weighted by atomic mass is 35.5. The average Bonchev–Trinajstić information content (AvgIpc) is 3.36. The Balaban J connectivity index is 0.00000256. The van der Waals surface area contributed by atoms with Gasteiger partial charge in [0.2, 0.25) is 0 Å². The molecule has 1 spiro atoms. The molecule has 7 heteroatoms. The van der Waals surface area contributed by atoms with Gasteiger partial charge in [0.1, 0.15) is 0 Å². The lowest BCUT2D eigenvalue weighted by Gasteiger charge is -2.38. The molecule has 0 radical (unpaired) electrons. The SMILES string of the molecule is CCCc1c(C(=O)N2CCC3(CCNC3)CC2)nnn1-c1cccc(C(C)C)c1.Cl. The molecule has 0 aliphatic carbocycles. The van der Waals surface area contributed by atoms with E-state index in [1.165, 1.54) is 12.0 Å². The van der Waals surface area contributed by atoms with Crippen molar-refractivity contribution in [3.63, 3.8) is 0 Å². The lowest BCUT2D eigenvalue weighted by atomic mass is 9.78. The minimum Gasteiger partial charge on any atom is -0.337 e. The van der Waals surface area contributed by atoms with Crippen LogP contribution in [-0.2, 0) is 6.42 Å². The molecule has 1 N–H and O–H groups in total. The van der Waals surface area contributed by atoms with Gasteiger partial charge in [0.25, 0.3) is 5.91 Å². The lowest BCUT2D eigenvalue weighted by Crippen LogP contribution is -2.44. The summed E-state index contributed by atoms with van der Waals surface area (Å²) in [5.41, 5.74) is 4.11. The first-order valence-electron chi connectivity index (χ1n) is 11.1. The van der Waals surface area contributed by atoms with Gasteiger partial charge in [-0.3, -0.25) is 4.79 Å². The first kappa shape index (κ1) is 22.8. The molecule has 0 saturated carbocycles. The van der Waals surface area contributed by atoms with Gasteiger partial charge in [0, 0.05) is 19.6 Å². The third kappa shape index (κ3) is 4.40. The van der Waals surface area contributed by atoms with E-state index in [4.69, 9.17) is 0 Å². The van der Waals surface area contributed by atoms with Gasteiger partial charge in [-0.2, -0.15) is 0 Å². The second-order valence-electron chi connectivity index (χ2n) is 9.02. The van der Waals surface area contributed by atoms with Gasteiger partial charge in [-0.05, 0) is 61.3 Å². The van der Waals surface area contributed by atoms with Crippen molar-refractivity contribution in [1.82, 2.24) is 25.2 Å². The van der Waals surface area contributed by atoms with Crippen LogP contribution in [0.5, 0.6) is 0 Å². The maximum absolute atomic E-state index is 13.3. The fraction of sp³-hybridized carbons (Fsp3) is 0.609. The number of nitrogens with zero attached hydrogens (tertiary/aromatic N) is 4. The van der Waals surface area contributed by atoms with E-state index >= 15 is 0 Å². The Morgan fingerprint density at radius 1 is 1.23 bits per heavy atom. The third-order valence-corrected chi connectivity index (χ3v) is 6.68. The molecular weight excluding hydrogens is 398 g/mol. The van der Waals surface area contributed by atoms with Crippen LogP contribution in [0.2, 0.25) is 0 Å². The Bertz CT molecular complexity index is 862. The lowest BCUT2D eigenvalue weighted by molar-refractivity contribution is 0.0600. The predicted molar refractivity (Wildman–Crippen MR) is 122 cm³/mol. The number of amides is 1. The summed E-state index contributed by atoms with van der Waals surface area (Å²) in [5.74, 6) is 0.487. The van der Waals surface area contributed by atoms with Gasteiger partial charge in [-0.15, -0.1) is 17.5 Å². The molecule has 6 nitrogen and oxygen atoms in total. The number of carbonyl (C=O) groups excluding carboxylic acids is 1. The molecule has 1 aromatic carbocycles. The van der Waals surface area contributed by atoms with E-state index in [-0.39, 0.29) is 18.3 Å². The summed E-state index contributed by atoms with van der Waals surface area (Å²) in [7, 11) is 0. The van der Waals surface area contributed by atoms with E-state index < -0.39 is 0 Å². The van der Waals surface area contributed by atoms with Crippen molar-refractivity contribution in [2.45, 2.75) is 58.8 Å². The maximum atomic E-state index is 13.3. The van der Waals surface area contributed by atoms with Crippen LogP contribution in [-0.4, -0.2) is 52.0 Å². The fourth-order valence-electron chi connectivity index (χ4n) is 4.71. The average molecular weight is 432 g/mol. The molecular formula is C23H34ClN5O. The third-order valence-electron chi connectivity index (χ3n) is 6.68. The number of rotatable bonds is 5. The quantitative estimate of drug-likeness (QED) is 0.777. The summed E-state index contributed by atoms with van der Waals surface area (Å²) in [6.45, 7) is 10.4. The van der Waals surface area contributed by atoms with Crippen molar-refractivity contribution in [3.8, 4) is 5.69 Å². The molecule has 2 saturated heterocycles. The van der Waals surface area contributed by atoms with Crippen LogP contribution >= 0.6 is 12.4 Å². The zero-order valence-corrected chi connectivity index (χ0v) is 19.2. The summed E-state index contributed by atoms with van der Waals surface area (Å²) < 4.78 is 1.87. The van der Waals surface area contributed by atoms with Crippen LogP contribution in [0.4, 0.5) is 0 Å². The van der Waals surface area contributed by atoms with Crippen LogP contribution in [0.25, 0.3) is 5.69 Å². The van der Waals surface area contributed by atoms with Crippen molar-refractivity contribution in [1.29, 1.82) is 0 Å². The normalized spacial score (nSPS) is 18.1. The van der Waals surface area contributed by atoms with Crippen molar-refractivity contribution in [2.75, 3.05) is 26.2 Å². The molecule has 4 rings (SSSR count). The van der Waals surface area contributed by atoms with Crippen LogP contribution < -0.4 is 5.32 Å². The standard InChI is InChI=1S/C23H33N5O.ClH/c1-4-6-20-21(22(29)27-13-10-23(11-14-27)9-12-24-16-23)25-26-28(20)19-8-5-7-18(15-19)17(2)3;/h5,7-8,15,17,24H,4,6,9-14,16H2,1-3H3;1H. The summed E-state index contributed by atoms with van der Waals surface area (Å²) >= 11 is 0. The second-order valence-corrected chi connectivity index (χ2v) is 9.02. The Hall–Kier alpha value is -1.92. The van der Waals surface area contributed by atoms with Gasteiger partial charge < -0.3 is 10.2 Å². The first-order valence-corrected chi connectivity index (χ1v) is 11.1. The molecule has 30 heavy (non-hydrogen) atoms. The van der Waals surface area contributed by atoms with Crippen molar-refractivity contribution in [3.05, 3.63) is 41.2 Å². The number of piperidine rings is 1. The number of aromatic nitrogens is 3. The number of likely N-dealkylation sites (tertiary alicyclic amines) is 1.